The molecule has 1 aliphatic heterocycles. The lowest BCUT2D eigenvalue weighted by atomic mass is 10.0. The van der Waals surface area contributed by atoms with E-state index in [0.29, 0.717) is 35.3 Å². The van der Waals surface area contributed by atoms with E-state index in [1.807, 2.05) is 82.8 Å². The number of hydrogen-bond acceptors (Lipinski definition) is 5. The van der Waals surface area contributed by atoms with E-state index < -0.39 is 0 Å². The maximum absolute atomic E-state index is 13.9. The zero-order valence-electron chi connectivity index (χ0n) is 22.4. The predicted molar refractivity (Wildman–Crippen MR) is 158 cm³/mol. The molecule has 0 atom stereocenters. The summed E-state index contributed by atoms with van der Waals surface area (Å²) in [6.45, 7) is 3.35. The van der Waals surface area contributed by atoms with E-state index in [1.54, 1.807) is 6.07 Å². The second kappa shape index (κ2) is 10.8. The number of hydrogen-bond donors (Lipinski definition) is 1. The fourth-order valence-corrected chi connectivity index (χ4v) is 5.73. The molecule has 1 aliphatic rings. The Balaban J connectivity index is 1.53. The van der Waals surface area contributed by atoms with Crippen LogP contribution in [0.2, 0.25) is 0 Å². The lowest BCUT2D eigenvalue weighted by molar-refractivity contribution is 0.0950. The molecule has 6 rings (SSSR count). The van der Waals surface area contributed by atoms with Crippen LogP contribution < -0.4 is 10.7 Å². The molecule has 0 radical (unpaired) electrons. The van der Waals surface area contributed by atoms with E-state index in [1.165, 1.54) is 12.8 Å². The Kier molecular flexibility index (Phi) is 6.89. The van der Waals surface area contributed by atoms with Crippen LogP contribution in [0.5, 0.6) is 0 Å². The van der Waals surface area contributed by atoms with E-state index in [-0.39, 0.29) is 16.9 Å². The van der Waals surface area contributed by atoms with Crippen molar-refractivity contribution in [2.75, 3.05) is 26.2 Å². The van der Waals surface area contributed by atoms with Crippen molar-refractivity contribution >= 4 is 39.7 Å². The van der Waals surface area contributed by atoms with Crippen molar-refractivity contribution in [2.24, 2.45) is 7.05 Å². The topological polar surface area (TPSA) is 95.4 Å². The number of aromatic nitrogens is 3. The first kappa shape index (κ1) is 25.5. The highest BCUT2D eigenvalue weighted by atomic mass is 16.2. The Morgan fingerprint density at radius 2 is 1.80 bits per heavy atom. The van der Waals surface area contributed by atoms with Crippen molar-refractivity contribution in [3.05, 3.63) is 88.1 Å². The number of nitrogens with one attached hydrogen (secondary N) is 1. The Hall–Kier alpha value is -4.74. The monoisotopic (exact) mass is 530 g/mol. The van der Waals surface area contributed by atoms with E-state index in [9.17, 15) is 9.59 Å². The van der Waals surface area contributed by atoms with Crippen LogP contribution in [-0.4, -0.2) is 50.9 Å². The van der Waals surface area contributed by atoms with E-state index in [4.69, 9.17) is 10.2 Å². The van der Waals surface area contributed by atoms with Crippen LogP contribution in [0.1, 0.15) is 35.2 Å². The number of benzene rings is 2. The Bertz CT molecular complexity index is 1890. The number of imidazole rings is 1. The minimum absolute atomic E-state index is 0.127. The Morgan fingerprint density at radius 3 is 2.60 bits per heavy atom. The number of nitriles is 1. The van der Waals surface area contributed by atoms with Crippen LogP contribution in [0.25, 0.3) is 45.0 Å². The number of amides is 1. The molecule has 0 saturated carbocycles. The molecular formula is C32H30N6O2. The SMILES string of the molecule is Cn1c2ccccc2n2c3nc(-c4ccccc4/C=C/CC#N)ccc3c(=O)c(C(=O)NCCN3CCCC3)c12. The van der Waals surface area contributed by atoms with Gasteiger partial charge in [-0.1, -0.05) is 48.6 Å². The zero-order chi connectivity index (χ0) is 27.6. The fourth-order valence-electron chi connectivity index (χ4n) is 5.73. The minimum Gasteiger partial charge on any atom is -0.351 e. The molecule has 40 heavy (non-hydrogen) atoms. The molecule has 3 aromatic heterocycles. The highest BCUT2D eigenvalue weighted by Gasteiger charge is 2.24. The number of carbonyl (C=O) groups excluding carboxylic acids is 1. The van der Waals surface area contributed by atoms with E-state index >= 15 is 0 Å². The van der Waals surface area contributed by atoms with Crippen LogP contribution >= 0.6 is 0 Å². The average Bonchev–Trinajstić information content (AvgIpc) is 3.60. The molecule has 8 heteroatoms. The van der Waals surface area contributed by atoms with Gasteiger partial charge in [0.15, 0.2) is 5.65 Å². The highest BCUT2D eigenvalue weighted by Crippen LogP contribution is 2.29. The quantitative estimate of drug-likeness (QED) is 0.327. The van der Waals surface area contributed by atoms with Gasteiger partial charge >= 0.3 is 0 Å². The summed E-state index contributed by atoms with van der Waals surface area (Å²) in [5.74, 6) is -0.369. The average molecular weight is 531 g/mol. The van der Waals surface area contributed by atoms with Gasteiger partial charge in [0.25, 0.3) is 5.91 Å². The second-order valence-corrected chi connectivity index (χ2v) is 10.1. The molecule has 0 bridgehead atoms. The predicted octanol–water partition coefficient (Wildman–Crippen LogP) is 4.76. The van der Waals surface area contributed by atoms with Gasteiger partial charge in [0.2, 0.25) is 5.43 Å². The highest BCUT2D eigenvalue weighted by molar-refractivity contribution is 6.06. The van der Waals surface area contributed by atoms with Crippen LogP contribution in [0.4, 0.5) is 0 Å². The minimum atomic E-state index is -0.369. The number of pyridine rings is 2. The van der Waals surface area contributed by atoms with Crippen LogP contribution in [0.15, 0.2) is 71.5 Å². The molecule has 1 fully saturated rings. The third-order valence-corrected chi connectivity index (χ3v) is 7.68. The number of nitrogens with zero attached hydrogens (tertiary/aromatic N) is 5. The molecule has 0 unspecified atom stereocenters. The van der Waals surface area contributed by atoms with Crippen molar-refractivity contribution < 1.29 is 4.79 Å². The molecule has 200 valence electrons. The zero-order valence-corrected chi connectivity index (χ0v) is 22.4. The Labute approximate surface area is 231 Å². The molecule has 0 spiro atoms. The van der Waals surface area contributed by atoms with Crippen molar-refractivity contribution in [3.63, 3.8) is 0 Å². The van der Waals surface area contributed by atoms with Crippen LogP contribution in [0.3, 0.4) is 0 Å². The molecule has 4 heterocycles. The van der Waals surface area contributed by atoms with Crippen molar-refractivity contribution in [3.8, 4) is 17.3 Å². The van der Waals surface area contributed by atoms with Gasteiger partial charge in [-0.15, -0.1) is 0 Å². The van der Waals surface area contributed by atoms with Crippen LogP contribution in [-0.2, 0) is 7.05 Å². The fraction of sp³-hybridized carbons (Fsp3) is 0.250. The molecular weight excluding hydrogens is 500 g/mol. The largest absolute Gasteiger partial charge is 0.351 e. The van der Waals surface area contributed by atoms with Crippen molar-refractivity contribution in [2.45, 2.75) is 19.3 Å². The lowest BCUT2D eigenvalue weighted by Crippen LogP contribution is -2.36. The second-order valence-electron chi connectivity index (χ2n) is 10.1. The maximum atomic E-state index is 13.9. The van der Waals surface area contributed by atoms with E-state index in [0.717, 1.165) is 41.8 Å². The summed E-state index contributed by atoms with van der Waals surface area (Å²) in [6, 6.07) is 21.4. The van der Waals surface area contributed by atoms with Crippen LogP contribution in [0, 0.1) is 11.3 Å². The smallest absolute Gasteiger partial charge is 0.259 e. The normalized spacial score (nSPS) is 14.0. The number of allylic oxidation sites excluding steroid dienone is 1. The summed E-state index contributed by atoms with van der Waals surface area (Å²) < 4.78 is 3.83. The first-order valence-corrected chi connectivity index (χ1v) is 13.6. The van der Waals surface area contributed by atoms with Gasteiger partial charge in [0.05, 0.1) is 34.6 Å². The summed E-state index contributed by atoms with van der Waals surface area (Å²) in [5.41, 5.74) is 5.10. The Morgan fingerprint density at radius 1 is 1.05 bits per heavy atom. The summed E-state index contributed by atoms with van der Waals surface area (Å²) >= 11 is 0. The molecule has 5 aromatic rings. The molecule has 0 aliphatic carbocycles. The molecule has 1 saturated heterocycles. The van der Waals surface area contributed by atoms with Crippen molar-refractivity contribution in [1.82, 2.24) is 24.2 Å². The number of likely N-dealkylation sites (tertiary alicyclic amines) is 1. The number of carbonyl (C=O) groups is 1. The third-order valence-electron chi connectivity index (χ3n) is 7.68. The van der Waals surface area contributed by atoms with Gasteiger partial charge < -0.3 is 14.8 Å². The van der Waals surface area contributed by atoms with Crippen molar-refractivity contribution in [1.29, 1.82) is 5.26 Å². The third kappa shape index (κ3) is 4.44. The first-order chi connectivity index (χ1) is 19.6. The molecule has 1 N–H and O–H groups in total. The molecule has 1 amide bonds. The van der Waals surface area contributed by atoms with Gasteiger partial charge in [-0.05, 0) is 55.8 Å². The van der Waals surface area contributed by atoms with Gasteiger partial charge in [0.1, 0.15) is 11.2 Å². The van der Waals surface area contributed by atoms with E-state index in [2.05, 4.69) is 16.3 Å². The lowest BCUT2D eigenvalue weighted by Gasteiger charge is -2.15. The maximum Gasteiger partial charge on any atom is 0.259 e. The van der Waals surface area contributed by atoms with Gasteiger partial charge in [-0.3, -0.25) is 14.0 Å². The summed E-state index contributed by atoms with van der Waals surface area (Å²) in [5, 5.41) is 12.3. The summed E-state index contributed by atoms with van der Waals surface area (Å²) in [7, 11) is 1.88. The molecule has 2 aromatic carbocycles. The van der Waals surface area contributed by atoms with Gasteiger partial charge in [-0.25, -0.2) is 4.98 Å². The van der Waals surface area contributed by atoms with Gasteiger partial charge in [0, 0.05) is 25.7 Å². The number of para-hydroxylation sites is 2. The van der Waals surface area contributed by atoms with Gasteiger partial charge in [-0.2, -0.15) is 5.26 Å². The number of aryl methyl sites for hydroxylation is 1. The first-order valence-electron chi connectivity index (χ1n) is 13.6. The number of fused-ring (bicyclic) bond motifs is 5. The summed E-state index contributed by atoms with van der Waals surface area (Å²) in [6.07, 6.45) is 6.42. The molecule has 8 nitrogen and oxygen atoms in total. The standard InChI is InChI=1S/C32H30N6O2/c1-36-26-13-4-5-14-27(26)38-30-24(15-16-25(35-30)23-12-3-2-10-22(23)11-6-7-17-33)29(39)28(32(36)38)31(40)34-18-21-37-19-8-9-20-37/h2-6,10-16H,7-9,18-21H2,1H3,(H,34,40)/b11-6+. The summed E-state index contributed by atoms with van der Waals surface area (Å²) in [4.78, 5) is 34.9. The number of rotatable bonds is 7.